The Hall–Kier alpha value is -4.79. The number of carbonyl (C=O) groups is 2. The largest absolute Gasteiger partial charge is 0.465 e. The van der Waals surface area contributed by atoms with Crippen LogP contribution in [0.3, 0.4) is 0 Å². The molecule has 9 heteroatoms. The summed E-state index contributed by atoms with van der Waals surface area (Å²) in [5.41, 5.74) is 2.44. The Balaban J connectivity index is 1.42. The summed E-state index contributed by atoms with van der Waals surface area (Å²) in [7, 11) is 1.32. The molecule has 0 fully saturated rings. The molecule has 1 amide bonds. The zero-order chi connectivity index (χ0) is 23.7. The average Bonchev–Trinajstić information content (AvgIpc) is 3.23. The second-order valence-corrected chi connectivity index (χ2v) is 7.34. The minimum Gasteiger partial charge on any atom is -0.465 e. The summed E-state index contributed by atoms with van der Waals surface area (Å²) in [6.07, 6.45) is 1.37. The van der Waals surface area contributed by atoms with Crippen molar-refractivity contribution < 1.29 is 23.1 Å². The molecule has 0 spiro atoms. The number of nitrogens with one attached hydrogen (secondary N) is 2. The molecule has 0 saturated heterocycles. The van der Waals surface area contributed by atoms with Crippen LogP contribution in [0.25, 0.3) is 22.1 Å². The van der Waals surface area contributed by atoms with Crippen LogP contribution in [0.2, 0.25) is 0 Å². The monoisotopic (exact) mass is 456 g/mol. The number of hydrogen-bond acceptors (Lipinski definition) is 7. The number of hydrogen-bond donors (Lipinski definition) is 2. The van der Waals surface area contributed by atoms with E-state index in [4.69, 9.17) is 9.15 Å². The summed E-state index contributed by atoms with van der Waals surface area (Å²) < 4.78 is 24.4. The van der Waals surface area contributed by atoms with E-state index in [1.807, 2.05) is 0 Å². The van der Waals surface area contributed by atoms with Crippen LogP contribution in [-0.4, -0.2) is 29.0 Å². The molecule has 0 saturated carbocycles. The highest BCUT2D eigenvalue weighted by atomic mass is 19.1. The number of halogens is 1. The standard InChI is InChI=1S/C25H17FN4O4/c1-33-25(32)14-6-11-20-18(12-14)21-22(27-13-28-24(21)34-20)29-15-7-9-16(10-8-15)30-23(31)17-4-2-3-5-19(17)26/h2-13H,1H3,(H,30,31)(H,27,28,29). The molecule has 0 aliphatic heterocycles. The summed E-state index contributed by atoms with van der Waals surface area (Å²) >= 11 is 0. The Morgan fingerprint density at radius 3 is 2.50 bits per heavy atom. The van der Waals surface area contributed by atoms with Crippen LogP contribution in [0.5, 0.6) is 0 Å². The lowest BCUT2D eigenvalue weighted by Gasteiger charge is -2.09. The number of ether oxygens (including phenoxy) is 1. The lowest BCUT2D eigenvalue weighted by molar-refractivity contribution is 0.0600. The topological polar surface area (TPSA) is 106 Å². The maximum absolute atomic E-state index is 13.8. The van der Waals surface area contributed by atoms with Crippen molar-refractivity contribution in [2.45, 2.75) is 0 Å². The van der Waals surface area contributed by atoms with Gasteiger partial charge >= 0.3 is 5.97 Å². The van der Waals surface area contributed by atoms with Crippen LogP contribution < -0.4 is 10.6 Å². The van der Waals surface area contributed by atoms with Crippen molar-refractivity contribution in [2.75, 3.05) is 17.7 Å². The fraction of sp³-hybridized carbons (Fsp3) is 0.0400. The van der Waals surface area contributed by atoms with Gasteiger partial charge in [-0.3, -0.25) is 4.79 Å². The van der Waals surface area contributed by atoms with Gasteiger partial charge in [-0.1, -0.05) is 12.1 Å². The maximum atomic E-state index is 13.8. The zero-order valence-corrected chi connectivity index (χ0v) is 17.8. The van der Waals surface area contributed by atoms with E-state index in [-0.39, 0.29) is 5.56 Å². The van der Waals surface area contributed by atoms with Gasteiger partial charge in [-0.25, -0.2) is 19.2 Å². The average molecular weight is 456 g/mol. The molecule has 2 aromatic heterocycles. The Kier molecular flexibility index (Phi) is 5.35. The van der Waals surface area contributed by atoms with E-state index in [2.05, 4.69) is 20.6 Å². The number of rotatable bonds is 5. The summed E-state index contributed by atoms with van der Waals surface area (Å²) in [5, 5.41) is 7.15. The highest BCUT2D eigenvalue weighted by Gasteiger charge is 2.16. The maximum Gasteiger partial charge on any atom is 0.337 e. The third-order valence-electron chi connectivity index (χ3n) is 5.21. The van der Waals surface area contributed by atoms with Gasteiger partial charge in [-0.2, -0.15) is 0 Å². The van der Waals surface area contributed by atoms with Gasteiger partial charge < -0.3 is 19.8 Å². The lowest BCUT2D eigenvalue weighted by Crippen LogP contribution is -2.13. The van der Waals surface area contributed by atoms with E-state index in [0.29, 0.717) is 44.8 Å². The van der Waals surface area contributed by atoms with E-state index in [0.717, 1.165) is 0 Å². The molecule has 3 aromatic carbocycles. The minimum absolute atomic E-state index is 0.0359. The molecule has 0 atom stereocenters. The van der Waals surface area contributed by atoms with Crippen LogP contribution in [0, 0.1) is 5.82 Å². The Labute approximate surface area is 192 Å². The third-order valence-corrected chi connectivity index (χ3v) is 5.21. The van der Waals surface area contributed by atoms with Gasteiger partial charge in [0.25, 0.3) is 5.91 Å². The number of fused-ring (bicyclic) bond motifs is 3. The number of carbonyl (C=O) groups excluding carboxylic acids is 2. The second-order valence-electron chi connectivity index (χ2n) is 7.34. The molecule has 0 aliphatic carbocycles. The van der Waals surface area contributed by atoms with Crippen LogP contribution in [0.15, 0.2) is 77.5 Å². The van der Waals surface area contributed by atoms with Crippen molar-refractivity contribution >= 4 is 51.1 Å². The van der Waals surface area contributed by atoms with Crippen LogP contribution in [0.1, 0.15) is 20.7 Å². The Morgan fingerprint density at radius 2 is 1.74 bits per heavy atom. The molecular weight excluding hydrogens is 439 g/mol. The molecule has 0 radical (unpaired) electrons. The Bertz CT molecular complexity index is 1550. The highest BCUT2D eigenvalue weighted by Crippen LogP contribution is 2.33. The van der Waals surface area contributed by atoms with E-state index in [1.165, 1.54) is 31.6 Å². The van der Waals surface area contributed by atoms with Crippen molar-refractivity contribution in [1.29, 1.82) is 0 Å². The summed E-state index contributed by atoms with van der Waals surface area (Å²) in [6.45, 7) is 0. The zero-order valence-electron chi connectivity index (χ0n) is 17.8. The SMILES string of the molecule is COC(=O)c1ccc2oc3ncnc(Nc4ccc(NC(=O)c5ccccc5F)cc4)c3c2c1. The van der Waals surface area contributed by atoms with Gasteiger partial charge in [0, 0.05) is 16.8 Å². The van der Waals surface area contributed by atoms with E-state index < -0.39 is 17.7 Å². The van der Waals surface area contributed by atoms with Crippen molar-refractivity contribution in [3.8, 4) is 0 Å². The number of esters is 1. The Morgan fingerprint density at radius 1 is 0.971 bits per heavy atom. The number of nitrogens with zero attached hydrogens (tertiary/aromatic N) is 2. The van der Waals surface area contributed by atoms with E-state index >= 15 is 0 Å². The van der Waals surface area contributed by atoms with Crippen LogP contribution in [0.4, 0.5) is 21.6 Å². The number of benzene rings is 3. The summed E-state index contributed by atoms with van der Waals surface area (Å²) in [5.74, 6) is -1.11. The first-order valence-corrected chi connectivity index (χ1v) is 10.2. The van der Waals surface area contributed by atoms with Gasteiger partial charge in [0.05, 0.1) is 23.6 Å². The molecular formula is C25H17FN4O4. The van der Waals surface area contributed by atoms with Crippen LogP contribution >= 0.6 is 0 Å². The van der Waals surface area contributed by atoms with Gasteiger partial charge in [-0.05, 0) is 54.6 Å². The molecule has 5 aromatic rings. The predicted octanol–water partition coefficient (Wildman–Crippen LogP) is 5.30. The van der Waals surface area contributed by atoms with E-state index in [1.54, 1.807) is 48.5 Å². The number of anilines is 3. The van der Waals surface area contributed by atoms with Gasteiger partial charge in [-0.15, -0.1) is 0 Å². The predicted molar refractivity (Wildman–Crippen MR) is 125 cm³/mol. The number of aromatic nitrogens is 2. The normalized spacial score (nSPS) is 10.9. The van der Waals surface area contributed by atoms with Crippen LogP contribution in [-0.2, 0) is 4.74 Å². The smallest absolute Gasteiger partial charge is 0.337 e. The quantitative estimate of drug-likeness (QED) is 0.346. The van der Waals surface area contributed by atoms with Gasteiger partial charge in [0.2, 0.25) is 5.71 Å². The van der Waals surface area contributed by atoms with Gasteiger partial charge in [0.15, 0.2) is 0 Å². The second kappa shape index (κ2) is 8.62. The molecule has 34 heavy (non-hydrogen) atoms. The van der Waals surface area contributed by atoms with Crippen molar-refractivity contribution in [2.24, 2.45) is 0 Å². The molecule has 2 heterocycles. The molecule has 0 bridgehead atoms. The first-order valence-electron chi connectivity index (χ1n) is 10.2. The molecule has 5 rings (SSSR count). The van der Waals surface area contributed by atoms with Crippen molar-refractivity contribution in [3.05, 3.63) is 90.0 Å². The third kappa shape index (κ3) is 3.90. The number of amides is 1. The first-order chi connectivity index (χ1) is 16.5. The van der Waals surface area contributed by atoms with Gasteiger partial charge in [0.1, 0.15) is 23.5 Å². The summed E-state index contributed by atoms with van der Waals surface area (Å²) in [4.78, 5) is 32.8. The van der Waals surface area contributed by atoms with E-state index in [9.17, 15) is 14.0 Å². The lowest BCUT2D eigenvalue weighted by atomic mass is 10.1. The minimum atomic E-state index is -0.589. The molecule has 2 N–H and O–H groups in total. The fourth-order valence-corrected chi connectivity index (χ4v) is 3.57. The number of methoxy groups -OCH3 is 1. The highest BCUT2D eigenvalue weighted by molar-refractivity contribution is 6.11. The molecule has 0 aliphatic rings. The molecule has 0 unspecified atom stereocenters. The molecule has 168 valence electrons. The fourth-order valence-electron chi connectivity index (χ4n) is 3.57. The summed E-state index contributed by atoms with van der Waals surface area (Å²) in [6, 6.07) is 17.6. The van der Waals surface area contributed by atoms with Crippen molar-refractivity contribution in [3.63, 3.8) is 0 Å². The molecule has 8 nitrogen and oxygen atoms in total. The first kappa shape index (κ1) is 21.1. The number of furan rings is 1. The van der Waals surface area contributed by atoms with Crippen molar-refractivity contribution in [1.82, 2.24) is 9.97 Å².